The number of nitrogens with zero attached hydrogens (tertiary/aromatic N) is 1. The maximum absolute atomic E-state index is 12.7. The van der Waals surface area contributed by atoms with Crippen molar-refractivity contribution in [3.05, 3.63) is 59.7 Å². The average Bonchev–Trinajstić information content (AvgIpc) is 3.10. The highest BCUT2D eigenvalue weighted by molar-refractivity contribution is 5.86. The van der Waals surface area contributed by atoms with Crippen molar-refractivity contribution >= 4 is 18.0 Å². The minimum atomic E-state index is -0.969. The number of hydrogen-bond acceptors (Lipinski definition) is 4. The molecule has 0 saturated carbocycles. The number of ether oxygens (including phenoxy) is 1. The van der Waals surface area contributed by atoms with E-state index >= 15 is 0 Å². The van der Waals surface area contributed by atoms with Crippen LogP contribution in [0.4, 0.5) is 4.79 Å². The van der Waals surface area contributed by atoms with Gasteiger partial charge in [0.25, 0.3) is 0 Å². The number of likely N-dealkylation sites (N-methyl/N-ethyl adjacent to an activating group) is 1. The number of nitrogens with one attached hydrogen (secondary N) is 1. The molecule has 31 heavy (non-hydrogen) atoms. The van der Waals surface area contributed by atoms with Crippen LogP contribution in [0.5, 0.6) is 0 Å². The summed E-state index contributed by atoms with van der Waals surface area (Å²) in [5, 5.41) is 11.5. The molecule has 2 N–H and O–H groups in total. The molecule has 0 saturated heterocycles. The van der Waals surface area contributed by atoms with E-state index in [2.05, 4.69) is 17.4 Å². The first-order valence-electron chi connectivity index (χ1n) is 10.6. The number of carbonyl (C=O) groups is 3. The standard InChI is InChI=1S/C24H28N2O5/c1-3-21(23(29)26(4-2)14-13-22(27)28)25-24(30)31-15-20-18-11-7-5-9-16(18)17-10-6-8-12-19(17)20/h5-12,20-21H,3-4,13-15H2,1-2H3,(H,25,30)(H,27,28)/t21-/m1/s1. The maximum atomic E-state index is 12.7. The molecular weight excluding hydrogens is 396 g/mol. The second-order valence-electron chi connectivity index (χ2n) is 7.49. The summed E-state index contributed by atoms with van der Waals surface area (Å²) in [7, 11) is 0. The molecule has 3 rings (SSSR count). The molecule has 0 bridgehead atoms. The van der Waals surface area contributed by atoms with Crippen LogP contribution in [0.2, 0.25) is 0 Å². The fourth-order valence-corrected chi connectivity index (χ4v) is 4.00. The van der Waals surface area contributed by atoms with Gasteiger partial charge in [0.1, 0.15) is 12.6 Å². The van der Waals surface area contributed by atoms with Crippen LogP contribution < -0.4 is 5.32 Å². The molecule has 0 radical (unpaired) electrons. The number of carboxylic acids is 1. The summed E-state index contributed by atoms with van der Waals surface area (Å²) in [5.74, 6) is -1.33. The number of rotatable bonds is 9. The highest BCUT2D eigenvalue weighted by Gasteiger charge is 2.30. The molecule has 1 aliphatic carbocycles. The van der Waals surface area contributed by atoms with Crippen LogP contribution in [0.1, 0.15) is 43.7 Å². The van der Waals surface area contributed by atoms with Gasteiger partial charge in [-0.1, -0.05) is 55.5 Å². The quantitative estimate of drug-likeness (QED) is 0.641. The van der Waals surface area contributed by atoms with Crippen LogP contribution in [0.3, 0.4) is 0 Å². The summed E-state index contributed by atoms with van der Waals surface area (Å²) in [4.78, 5) is 37.4. The third-order valence-electron chi connectivity index (χ3n) is 5.63. The molecule has 1 aliphatic rings. The van der Waals surface area contributed by atoms with Crippen molar-refractivity contribution in [2.24, 2.45) is 0 Å². The zero-order valence-electron chi connectivity index (χ0n) is 17.8. The number of benzene rings is 2. The van der Waals surface area contributed by atoms with Crippen molar-refractivity contribution < 1.29 is 24.2 Å². The van der Waals surface area contributed by atoms with Crippen LogP contribution >= 0.6 is 0 Å². The van der Waals surface area contributed by atoms with Gasteiger partial charge in [0.05, 0.1) is 6.42 Å². The Balaban J connectivity index is 1.63. The van der Waals surface area contributed by atoms with Crippen molar-refractivity contribution in [2.75, 3.05) is 19.7 Å². The number of carbonyl (C=O) groups excluding carboxylic acids is 2. The molecule has 2 aromatic carbocycles. The van der Waals surface area contributed by atoms with Crippen molar-refractivity contribution in [2.45, 2.75) is 38.6 Å². The first-order chi connectivity index (χ1) is 15.0. The highest BCUT2D eigenvalue weighted by Crippen LogP contribution is 2.44. The molecule has 0 aromatic heterocycles. The van der Waals surface area contributed by atoms with E-state index in [4.69, 9.17) is 9.84 Å². The first-order valence-corrected chi connectivity index (χ1v) is 10.6. The predicted octanol–water partition coefficient (Wildman–Crippen LogP) is 3.63. The van der Waals surface area contributed by atoms with E-state index in [9.17, 15) is 14.4 Å². The highest BCUT2D eigenvalue weighted by atomic mass is 16.5. The van der Waals surface area contributed by atoms with E-state index in [1.54, 1.807) is 13.8 Å². The van der Waals surface area contributed by atoms with Gasteiger partial charge in [0, 0.05) is 19.0 Å². The van der Waals surface area contributed by atoms with Crippen LogP contribution in [0, 0.1) is 0 Å². The Hall–Kier alpha value is -3.35. The number of amides is 2. The van der Waals surface area contributed by atoms with Gasteiger partial charge in [-0.3, -0.25) is 9.59 Å². The minimum Gasteiger partial charge on any atom is -0.481 e. The van der Waals surface area contributed by atoms with E-state index in [0.717, 1.165) is 22.3 Å². The Morgan fingerprint density at radius 3 is 2.13 bits per heavy atom. The largest absolute Gasteiger partial charge is 0.481 e. The van der Waals surface area contributed by atoms with Gasteiger partial charge < -0.3 is 20.1 Å². The van der Waals surface area contributed by atoms with Crippen molar-refractivity contribution in [3.8, 4) is 11.1 Å². The lowest BCUT2D eigenvalue weighted by Gasteiger charge is -2.26. The molecule has 0 spiro atoms. The average molecular weight is 424 g/mol. The summed E-state index contributed by atoms with van der Waals surface area (Å²) >= 11 is 0. The van der Waals surface area contributed by atoms with Crippen molar-refractivity contribution in [1.29, 1.82) is 0 Å². The fourth-order valence-electron chi connectivity index (χ4n) is 4.00. The Bertz CT molecular complexity index is 913. The number of hydrogen-bond donors (Lipinski definition) is 2. The molecule has 7 heteroatoms. The lowest BCUT2D eigenvalue weighted by Crippen LogP contribution is -2.49. The zero-order valence-corrected chi connectivity index (χ0v) is 17.8. The number of carboxylic acid groups (broad SMARTS) is 1. The van der Waals surface area contributed by atoms with Gasteiger partial charge >= 0.3 is 12.1 Å². The molecule has 2 aromatic rings. The smallest absolute Gasteiger partial charge is 0.407 e. The molecule has 0 aliphatic heterocycles. The van der Waals surface area contributed by atoms with Gasteiger partial charge in [-0.25, -0.2) is 4.79 Å². The van der Waals surface area contributed by atoms with E-state index in [1.807, 2.05) is 36.4 Å². The third kappa shape index (κ3) is 5.05. The Kier molecular flexibility index (Phi) is 7.28. The van der Waals surface area contributed by atoms with Crippen LogP contribution in [-0.2, 0) is 14.3 Å². The summed E-state index contributed by atoms with van der Waals surface area (Å²) in [5.41, 5.74) is 4.52. The summed E-state index contributed by atoms with van der Waals surface area (Å²) in [6.45, 7) is 4.21. The molecule has 0 heterocycles. The predicted molar refractivity (Wildman–Crippen MR) is 117 cm³/mol. The van der Waals surface area contributed by atoms with Gasteiger partial charge in [0.2, 0.25) is 5.91 Å². The van der Waals surface area contributed by atoms with E-state index in [0.29, 0.717) is 13.0 Å². The third-order valence-corrected chi connectivity index (χ3v) is 5.63. The molecule has 164 valence electrons. The summed E-state index contributed by atoms with van der Waals surface area (Å²) in [6.07, 6.45) is -0.413. The van der Waals surface area contributed by atoms with Gasteiger partial charge in [-0.05, 0) is 35.6 Å². The topological polar surface area (TPSA) is 95.9 Å². The maximum Gasteiger partial charge on any atom is 0.407 e. The molecule has 2 amide bonds. The van der Waals surface area contributed by atoms with E-state index < -0.39 is 18.1 Å². The number of alkyl carbamates (subject to hydrolysis) is 1. The number of fused-ring (bicyclic) bond motifs is 3. The van der Waals surface area contributed by atoms with Crippen LogP contribution in [0.15, 0.2) is 48.5 Å². The summed E-state index contributed by atoms with van der Waals surface area (Å²) < 4.78 is 5.52. The number of aliphatic carboxylic acids is 1. The SMILES string of the molecule is CC[C@@H](NC(=O)OCC1c2ccccc2-c2ccccc21)C(=O)N(CC)CCC(=O)O. The molecule has 7 nitrogen and oxygen atoms in total. The second kappa shape index (κ2) is 10.1. The van der Waals surface area contributed by atoms with Crippen LogP contribution in [0.25, 0.3) is 11.1 Å². The second-order valence-corrected chi connectivity index (χ2v) is 7.49. The Morgan fingerprint density at radius 2 is 1.61 bits per heavy atom. The molecule has 1 atom stereocenters. The Morgan fingerprint density at radius 1 is 1.03 bits per heavy atom. The van der Waals surface area contributed by atoms with Gasteiger partial charge in [-0.15, -0.1) is 0 Å². The molecular formula is C24H28N2O5. The van der Waals surface area contributed by atoms with Crippen LogP contribution in [-0.4, -0.2) is 53.7 Å². The molecule has 0 fully saturated rings. The van der Waals surface area contributed by atoms with Crippen molar-refractivity contribution in [3.63, 3.8) is 0 Å². The van der Waals surface area contributed by atoms with E-state index in [1.165, 1.54) is 4.90 Å². The zero-order chi connectivity index (χ0) is 22.4. The van der Waals surface area contributed by atoms with Gasteiger partial charge in [-0.2, -0.15) is 0 Å². The lowest BCUT2D eigenvalue weighted by molar-refractivity contribution is -0.139. The monoisotopic (exact) mass is 424 g/mol. The Labute approximate surface area is 182 Å². The van der Waals surface area contributed by atoms with E-state index in [-0.39, 0.29) is 31.4 Å². The lowest BCUT2D eigenvalue weighted by atomic mass is 9.98. The van der Waals surface area contributed by atoms with Crippen molar-refractivity contribution in [1.82, 2.24) is 10.2 Å². The molecule has 0 unspecified atom stereocenters. The minimum absolute atomic E-state index is 0.0587. The summed E-state index contributed by atoms with van der Waals surface area (Å²) in [6, 6.07) is 15.4. The normalized spacial score (nSPS) is 13.1. The first kappa shape index (κ1) is 22.3. The fraction of sp³-hybridized carbons (Fsp3) is 0.375. The van der Waals surface area contributed by atoms with Gasteiger partial charge in [0.15, 0.2) is 0 Å².